The summed E-state index contributed by atoms with van der Waals surface area (Å²) in [5, 5.41) is -1.43. The Kier molecular flexibility index (Phi) is 3.80. The normalized spacial score (nSPS) is 33.2. The van der Waals surface area contributed by atoms with Crippen LogP contribution in [0.1, 0.15) is 24.8 Å². The van der Waals surface area contributed by atoms with Crippen LogP contribution in [-0.2, 0) is 5.41 Å². The van der Waals surface area contributed by atoms with E-state index in [-0.39, 0.29) is 75.7 Å². The third kappa shape index (κ3) is 1.95. The van der Waals surface area contributed by atoms with Gasteiger partial charge in [-0.05, 0) is 23.1 Å². The van der Waals surface area contributed by atoms with Crippen LogP contribution in [0.25, 0.3) is 0 Å². The number of rotatable bonds is 2. The summed E-state index contributed by atoms with van der Waals surface area (Å²) in [4.78, 5) is 0. The van der Waals surface area contributed by atoms with E-state index in [1.807, 2.05) is 0 Å². The average Bonchev–Trinajstić information content (AvgIpc) is 2.03. The molecule has 0 saturated heterocycles. The molecule has 0 heterocycles. The van der Waals surface area contributed by atoms with Crippen molar-refractivity contribution in [2.75, 3.05) is 0 Å². The summed E-state index contributed by atoms with van der Waals surface area (Å²) in [6.45, 7) is -4.77. The molecule has 0 amide bonds. The molecule has 3 saturated carbocycles. The van der Waals surface area contributed by atoms with Gasteiger partial charge in [-0.15, -0.1) is 0 Å². The van der Waals surface area contributed by atoms with Gasteiger partial charge in [-0.25, -0.2) is 4.39 Å². The molecule has 0 radical (unpaired) electrons. The van der Waals surface area contributed by atoms with Crippen molar-refractivity contribution in [2.45, 2.75) is 30.0 Å². The minimum atomic E-state index is -4.77. The molecule has 18 heavy (non-hydrogen) atoms. The second kappa shape index (κ2) is 4.46. The zero-order valence-electron chi connectivity index (χ0n) is 9.82. The Hall–Kier alpha value is 0.931. The fraction of sp³-hybridized carbons (Fsp3) is 0.455. The summed E-state index contributed by atoms with van der Waals surface area (Å²) in [5.41, 5.74) is 0.212. The SMILES string of the molecule is Fc1cc(C23CC([B-](F)(F)F)(C2)C3)ccc1Cl.[K+]. The number of hydrogen-bond donors (Lipinski definition) is 0. The van der Waals surface area contributed by atoms with Crippen LogP contribution >= 0.6 is 11.6 Å². The molecule has 2 bridgehead atoms. The Balaban J connectivity index is 0.00000120. The summed E-state index contributed by atoms with van der Waals surface area (Å²) < 4.78 is 51.4. The molecule has 3 aliphatic carbocycles. The van der Waals surface area contributed by atoms with Crippen molar-refractivity contribution in [1.82, 2.24) is 0 Å². The second-order valence-electron chi connectivity index (χ2n) is 5.38. The molecule has 0 aliphatic heterocycles. The molecule has 4 rings (SSSR count). The minimum absolute atomic E-state index is 0. The maximum Gasteiger partial charge on any atom is 1.00 e. The van der Waals surface area contributed by atoms with Crippen molar-refractivity contribution >= 4 is 18.6 Å². The van der Waals surface area contributed by atoms with Gasteiger partial charge < -0.3 is 12.9 Å². The first-order valence-corrected chi connectivity index (χ1v) is 5.81. The van der Waals surface area contributed by atoms with Gasteiger partial charge >= 0.3 is 58.4 Å². The smallest absolute Gasteiger partial charge is 0.449 e. The zero-order valence-corrected chi connectivity index (χ0v) is 13.7. The standard InChI is InChI=1S/C11H9BClF4.K/c13-8-2-1-7(3-9(8)14)10-4-11(5-10,6-10)12(15,16)17;/h1-3H,4-6H2;/q-1;+1. The van der Waals surface area contributed by atoms with Crippen molar-refractivity contribution in [2.24, 2.45) is 0 Å². The molecular weight excluding hydrogens is 293 g/mol. The van der Waals surface area contributed by atoms with E-state index in [9.17, 15) is 17.3 Å². The van der Waals surface area contributed by atoms with Gasteiger partial charge in [0.05, 0.1) is 5.02 Å². The molecule has 0 N–H and O–H groups in total. The number of benzene rings is 1. The van der Waals surface area contributed by atoms with E-state index in [0.717, 1.165) is 0 Å². The van der Waals surface area contributed by atoms with Crippen molar-refractivity contribution < 1.29 is 68.7 Å². The second-order valence-corrected chi connectivity index (χ2v) is 5.78. The fourth-order valence-corrected chi connectivity index (χ4v) is 3.46. The van der Waals surface area contributed by atoms with Gasteiger partial charge in [-0.1, -0.05) is 42.2 Å². The molecule has 0 aromatic heterocycles. The molecule has 1 aromatic carbocycles. The van der Waals surface area contributed by atoms with Crippen LogP contribution in [0.2, 0.25) is 10.3 Å². The summed E-state index contributed by atoms with van der Waals surface area (Å²) in [5.74, 6) is -0.555. The molecular formula is C11H9BClF4K. The first-order chi connectivity index (χ1) is 7.78. The van der Waals surface area contributed by atoms with Crippen molar-refractivity contribution in [1.29, 1.82) is 0 Å². The Morgan fingerprint density at radius 1 is 1.11 bits per heavy atom. The van der Waals surface area contributed by atoms with E-state index in [1.54, 1.807) is 6.07 Å². The predicted octanol–water partition coefficient (Wildman–Crippen LogP) is 1.51. The zero-order chi connectivity index (χ0) is 12.5. The van der Waals surface area contributed by atoms with Crippen LogP contribution in [0, 0.1) is 5.82 Å². The van der Waals surface area contributed by atoms with E-state index >= 15 is 0 Å². The van der Waals surface area contributed by atoms with Crippen LogP contribution in [0.5, 0.6) is 0 Å². The first kappa shape index (κ1) is 15.3. The van der Waals surface area contributed by atoms with Crippen LogP contribution in [-0.4, -0.2) is 6.98 Å². The predicted molar refractivity (Wildman–Crippen MR) is 58.7 cm³/mol. The molecule has 92 valence electrons. The van der Waals surface area contributed by atoms with Crippen LogP contribution in [0.3, 0.4) is 0 Å². The van der Waals surface area contributed by atoms with E-state index < -0.39 is 23.5 Å². The molecule has 0 nitrogen and oxygen atoms in total. The summed E-state index contributed by atoms with van der Waals surface area (Å²) >= 11 is 5.55. The van der Waals surface area contributed by atoms with Gasteiger partial charge in [0.1, 0.15) is 5.82 Å². The topological polar surface area (TPSA) is 0 Å². The number of halogens is 5. The molecule has 3 fully saturated rings. The maximum absolute atomic E-state index is 13.3. The molecule has 0 atom stereocenters. The third-order valence-electron chi connectivity index (χ3n) is 4.30. The van der Waals surface area contributed by atoms with Gasteiger partial charge in [0.15, 0.2) is 0 Å². The van der Waals surface area contributed by atoms with Crippen LogP contribution < -0.4 is 51.4 Å². The Morgan fingerprint density at radius 2 is 1.67 bits per heavy atom. The number of hydrogen-bond acceptors (Lipinski definition) is 0. The van der Waals surface area contributed by atoms with Gasteiger partial charge in [0.25, 0.3) is 0 Å². The summed E-state index contributed by atoms with van der Waals surface area (Å²) in [6, 6.07) is 4.32. The van der Waals surface area contributed by atoms with E-state index in [2.05, 4.69) is 0 Å². The van der Waals surface area contributed by atoms with Crippen LogP contribution in [0.4, 0.5) is 17.3 Å². The molecule has 7 heteroatoms. The van der Waals surface area contributed by atoms with E-state index in [4.69, 9.17) is 11.6 Å². The monoisotopic (exact) mass is 302 g/mol. The molecule has 3 aliphatic rings. The first-order valence-electron chi connectivity index (χ1n) is 5.43. The molecule has 1 aromatic rings. The average molecular weight is 303 g/mol. The maximum atomic E-state index is 13.3. The van der Waals surface area contributed by atoms with Gasteiger partial charge in [0.2, 0.25) is 0 Å². The van der Waals surface area contributed by atoms with E-state index in [0.29, 0.717) is 5.56 Å². The van der Waals surface area contributed by atoms with Crippen molar-refractivity contribution in [3.63, 3.8) is 0 Å². The summed E-state index contributed by atoms with van der Waals surface area (Å²) in [6.07, 6.45) is 0.347. The Labute approximate surface area is 150 Å². The molecule has 0 spiro atoms. The van der Waals surface area contributed by atoms with Crippen molar-refractivity contribution in [3.05, 3.63) is 34.6 Å². The largest absolute Gasteiger partial charge is 1.00 e. The Bertz CT molecular complexity index is 483. The van der Waals surface area contributed by atoms with Gasteiger partial charge in [0, 0.05) is 0 Å². The fourth-order valence-electron chi connectivity index (χ4n) is 3.35. The van der Waals surface area contributed by atoms with Gasteiger partial charge in [-0.3, -0.25) is 0 Å². The molecule has 0 unspecified atom stereocenters. The van der Waals surface area contributed by atoms with Crippen molar-refractivity contribution in [3.8, 4) is 0 Å². The minimum Gasteiger partial charge on any atom is -0.449 e. The third-order valence-corrected chi connectivity index (χ3v) is 4.60. The Morgan fingerprint density at radius 3 is 2.11 bits per heavy atom. The summed E-state index contributed by atoms with van der Waals surface area (Å²) in [7, 11) is 0. The van der Waals surface area contributed by atoms with Gasteiger partial charge in [-0.2, -0.15) is 0 Å². The van der Waals surface area contributed by atoms with Crippen LogP contribution in [0.15, 0.2) is 18.2 Å². The quantitative estimate of drug-likeness (QED) is 0.574. The van der Waals surface area contributed by atoms with E-state index in [1.165, 1.54) is 12.1 Å².